The van der Waals surface area contributed by atoms with Gasteiger partial charge in [0.2, 0.25) is 0 Å². The van der Waals surface area contributed by atoms with Gasteiger partial charge in [0.05, 0.1) is 12.7 Å². The Hall–Kier alpha value is -1.64. The molecule has 1 fully saturated rings. The maximum Gasteiger partial charge on any atom is 0.0837 e. The third kappa shape index (κ3) is 3.52. The van der Waals surface area contributed by atoms with Crippen molar-refractivity contribution in [1.29, 1.82) is 0 Å². The van der Waals surface area contributed by atoms with E-state index in [4.69, 9.17) is 4.74 Å². The van der Waals surface area contributed by atoms with Gasteiger partial charge in [-0.3, -0.25) is 4.90 Å². The Morgan fingerprint density at radius 3 is 2.33 bits per heavy atom. The Balaban J connectivity index is 1.66. The predicted octanol–water partition coefficient (Wildman–Crippen LogP) is 4.21. The van der Waals surface area contributed by atoms with Crippen molar-refractivity contribution >= 4 is 0 Å². The predicted molar refractivity (Wildman–Crippen MR) is 86.2 cm³/mol. The molecule has 0 bridgehead atoms. The van der Waals surface area contributed by atoms with Crippen molar-refractivity contribution in [3.63, 3.8) is 0 Å². The van der Waals surface area contributed by atoms with Crippen LogP contribution in [-0.2, 0) is 4.74 Å². The zero-order chi connectivity index (χ0) is 14.5. The summed E-state index contributed by atoms with van der Waals surface area (Å²) in [6.07, 6.45) is 1.29. The van der Waals surface area contributed by atoms with Gasteiger partial charge >= 0.3 is 0 Å². The minimum Gasteiger partial charge on any atom is -0.372 e. The third-order valence-electron chi connectivity index (χ3n) is 4.38. The van der Waals surface area contributed by atoms with Gasteiger partial charge in [0.25, 0.3) is 0 Å². The van der Waals surface area contributed by atoms with Crippen LogP contribution in [0.5, 0.6) is 0 Å². The normalized spacial score (nSPS) is 21.7. The van der Waals surface area contributed by atoms with Crippen LogP contribution in [0, 0.1) is 0 Å². The van der Waals surface area contributed by atoms with E-state index in [1.807, 2.05) is 0 Å². The average molecular weight is 281 g/mol. The second-order valence-electron chi connectivity index (χ2n) is 5.68. The molecule has 0 aromatic heterocycles. The molecule has 3 rings (SSSR count). The van der Waals surface area contributed by atoms with E-state index < -0.39 is 0 Å². The molecular weight excluding hydrogens is 258 g/mol. The van der Waals surface area contributed by atoms with E-state index >= 15 is 0 Å². The standard InChI is InChI=1S/C19H23NO/c1-16(17-8-4-2-5-9-17)20-13-12-19(21-15-14-20)18-10-6-3-7-11-18/h2-11,16,19H,12-15H2,1H3/t16-,19?/m1/s1. The van der Waals surface area contributed by atoms with Crippen molar-refractivity contribution in [2.75, 3.05) is 19.7 Å². The van der Waals surface area contributed by atoms with Gasteiger partial charge in [0, 0.05) is 19.1 Å². The minimum atomic E-state index is 0.235. The molecule has 2 atom stereocenters. The van der Waals surface area contributed by atoms with Crippen LogP contribution in [0.25, 0.3) is 0 Å². The van der Waals surface area contributed by atoms with Gasteiger partial charge in [-0.05, 0) is 24.5 Å². The molecule has 0 aliphatic carbocycles. The number of hydrogen-bond donors (Lipinski definition) is 0. The second kappa shape index (κ2) is 6.88. The first-order valence-electron chi connectivity index (χ1n) is 7.80. The Morgan fingerprint density at radius 2 is 1.62 bits per heavy atom. The van der Waals surface area contributed by atoms with E-state index in [0.717, 1.165) is 26.1 Å². The molecule has 0 saturated carbocycles. The van der Waals surface area contributed by atoms with Crippen molar-refractivity contribution in [1.82, 2.24) is 4.90 Å². The van der Waals surface area contributed by atoms with Crippen LogP contribution in [0.2, 0.25) is 0 Å². The smallest absolute Gasteiger partial charge is 0.0837 e. The van der Waals surface area contributed by atoms with Crippen molar-refractivity contribution < 1.29 is 4.74 Å². The van der Waals surface area contributed by atoms with Crippen molar-refractivity contribution in [3.05, 3.63) is 71.8 Å². The molecule has 21 heavy (non-hydrogen) atoms. The molecule has 1 heterocycles. The lowest BCUT2D eigenvalue weighted by atomic mass is 10.0. The summed E-state index contributed by atoms with van der Waals surface area (Å²) in [7, 11) is 0. The Kier molecular flexibility index (Phi) is 4.69. The van der Waals surface area contributed by atoms with Gasteiger partial charge in [-0.1, -0.05) is 60.7 Å². The highest BCUT2D eigenvalue weighted by Gasteiger charge is 2.22. The summed E-state index contributed by atoms with van der Waals surface area (Å²) in [4.78, 5) is 2.53. The second-order valence-corrected chi connectivity index (χ2v) is 5.68. The molecular formula is C19H23NO. The first-order valence-corrected chi connectivity index (χ1v) is 7.80. The van der Waals surface area contributed by atoms with Crippen LogP contribution >= 0.6 is 0 Å². The lowest BCUT2D eigenvalue weighted by molar-refractivity contribution is 0.0605. The van der Waals surface area contributed by atoms with Crippen molar-refractivity contribution in [3.8, 4) is 0 Å². The van der Waals surface area contributed by atoms with Crippen LogP contribution in [-0.4, -0.2) is 24.6 Å². The number of rotatable bonds is 3. The SMILES string of the molecule is C[C@H](c1ccccc1)N1CCOC(c2ccccc2)CC1. The van der Waals surface area contributed by atoms with E-state index in [-0.39, 0.29) is 6.10 Å². The zero-order valence-corrected chi connectivity index (χ0v) is 12.6. The quantitative estimate of drug-likeness (QED) is 0.835. The molecule has 1 saturated heterocycles. The Morgan fingerprint density at radius 1 is 0.952 bits per heavy atom. The maximum absolute atomic E-state index is 6.06. The molecule has 1 unspecified atom stereocenters. The lowest BCUT2D eigenvalue weighted by Gasteiger charge is -2.27. The number of nitrogens with zero attached hydrogens (tertiary/aromatic N) is 1. The van der Waals surface area contributed by atoms with Crippen molar-refractivity contribution in [2.24, 2.45) is 0 Å². The fourth-order valence-corrected chi connectivity index (χ4v) is 3.05. The van der Waals surface area contributed by atoms with E-state index in [0.29, 0.717) is 6.04 Å². The van der Waals surface area contributed by atoms with Crippen molar-refractivity contribution in [2.45, 2.75) is 25.5 Å². The molecule has 2 aromatic carbocycles. The number of hydrogen-bond acceptors (Lipinski definition) is 2. The van der Waals surface area contributed by atoms with Gasteiger partial charge in [0.15, 0.2) is 0 Å². The summed E-state index contributed by atoms with van der Waals surface area (Å²) in [5.41, 5.74) is 2.68. The van der Waals surface area contributed by atoms with E-state index in [1.165, 1.54) is 11.1 Å². The lowest BCUT2D eigenvalue weighted by Crippen LogP contribution is -2.29. The molecule has 0 radical (unpaired) electrons. The molecule has 2 nitrogen and oxygen atoms in total. The largest absolute Gasteiger partial charge is 0.372 e. The summed E-state index contributed by atoms with van der Waals surface area (Å²) < 4.78 is 6.06. The highest BCUT2D eigenvalue weighted by Crippen LogP contribution is 2.27. The Labute approximate surface area is 127 Å². The highest BCUT2D eigenvalue weighted by atomic mass is 16.5. The summed E-state index contributed by atoms with van der Waals surface area (Å²) in [5, 5.41) is 0. The molecule has 0 amide bonds. The van der Waals surface area contributed by atoms with Crippen LogP contribution in [0.4, 0.5) is 0 Å². The molecule has 2 aromatic rings. The zero-order valence-electron chi connectivity index (χ0n) is 12.6. The van der Waals surface area contributed by atoms with Crippen LogP contribution in [0.15, 0.2) is 60.7 Å². The van der Waals surface area contributed by atoms with Crippen LogP contribution in [0.1, 0.15) is 36.6 Å². The molecule has 0 spiro atoms. The van der Waals surface area contributed by atoms with Gasteiger partial charge < -0.3 is 4.74 Å². The fourth-order valence-electron chi connectivity index (χ4n) is 3.05. The first-order chi connectivity index (χ1) is 10.3. The fraction of sp³-hybridized carbons (Fsp3) is 0.368. The Bertz CT molecular complexity index is 540. The summed E-state index contributed by atoms with van der Waals surface area (Å²) >= 11 is 0. The van der Waals surface area contributed by atoms with E-state index in [9.17, 15) is 0 Å². The maximum atomic E-state index is 6.06. The molecule has 1 aliphatic rings. The van der Waals surface area contributed by atoms with Gasteiger partial charge in [0.1, 0.15) is 0 Å². The number of ether oxygens (including phenoxy) is 1. The van der Waals surface area contributed by atoms with E-state index in [1.54, 1.807) is 0 Å². The minimum absolute atomic E-state index is 0.235. The first kappa shape index (κ1) is 14.3. The summed E-state index contributed by atoms with van der Waals surface area (Å²) in [6.45, 7) is 5.17. The van der Waals surface area contributed by atoms with Gasteiger partial charge in [-0.2, -0.15) is 0 Å². The monoisotopic (exact) mass is 281 g/mol. The third-order valence-corrected chi connectivity index (χ3v) is 4.38. The topological polar surface area (TPSA) is 12.5 Å². The van der Waals surface area contributed by atoms with Crippen LogP contribution in [0.3, 0.4) is 0 Å². The van der Waals surface area contributed by atoms with Gasteiger partial charge in [-0.25, -0.2) is 0 Å². The number of benzene rings is 2. The van der Waals surface area contributed by atoms with Gasteiger partial charge in [-0.15, -0.1) is 0 Å². The van der Waals surface area contributed by atoms with E-state index in [2.05, 4.69) is 72.5 Å². The molecule has 2 heteroatoms. The summed E-state index contributed by atoms with van der Waals surface area (Å²) in [6, 6.07) is 21.8. The molecule has 110 valence electrons. The average Bonchev–Trinajstić information content (AvgIpc) is 2.82. The molecule has 1 aliphatic heterocycles. The highest BCUT2D eigenvalue weighted by molar-refractivity contribution is 5.19. The molecule has 0 N–H and O–H groups in total. The summed E-state index contributed by atoms with van der Waals surface area (Å²) in [5.74, 6) is 0. The van der Waals surface area contributed by atoms with Crippen LogP contribution < -0.4 is 0 Å².